The number of aryl methyl sites for hydroxylation is 1. The highest BCUT2D eigenvalue weighted by atomic mass is 32.2. The van der Waals surface area contributed by atoms with Crippen LogP contribution in [0.25, 0.3) is 10.9 Å². The van der Waals surface area contributed by atoms with E-state index in [2.05, 4.69) is 10.3 Å². The minimum Gasteiger partial charge on any atom is -0.489 e. The van der Waals surface area contributed by atoms with Crippen LogP contribution in [-0.4, -0.2) is 43.8 Å². The smallest absolute Gasteiger partial charge is 0.251 e. The van der Waals surface area contributed by atoms with Crippen LogP contribution >= 0.6 is 11.8 Å². The summed E-state index contributed by atoms with van der Waals surface area (Å²) in [6.45, 7) is 2.31. The number of nitrogens with one attached hydrogen (secondary N) is 2. The van der Waals surface area contributed by atoms with Crippen molar-refractivity contribution in [3.63, 3.8) is 0 Å². The third-order valence-electron chi connectivity index (χ3n) is 5.92. The van der Waals surface area contributed by atoms with E-state index in [1.807, 2.05) is 37.3 Å². The number of carbonyl (C=O) groups excluding carboxylic acids is 2. The first-order valence-electron chi connectivity index (χ1n) is 11.0. The standard InChI is InChI=1S/C25H27N3O5S/c1-16-13-18(20-5-2-3-6-21(20)26-16)15-33-19-9-7-17(8-10-19)23(30)27-25(14-22(29)28-32)11-4-12-34-24(25)31/h2-3,5-10,13,24,31-32H,4,11-12,14-15H2,1H3,(H,27,30)(H,28,29). The van der Waals surface area contributed by atoms with E-state index in [1.54, 1.807) is 29.7 Å². The Bertz CT molecular complexity index is 1190. The Morgan fingerprint density at radius 1 is 1.21 bits per heavy atom. The first-order chi connectivity index (χ1) is 16.4. The van der Waals surface area contributed by atoms with Gasteiger partial charge in [-0.15, -0.1) is 11.8 Å². The lowest BCUT2D eigenvalue weighted by molar-refractivity contribution is -0.131. The van der Waals surface area contributed by atoms with Gasteiger partial charge in [-0.25, -0.2) is 5.48 Å². The van der Waals surface area contributed by atoms with Crippen LogP contribution in [-0.2, 0) is 11.4 Å². The molecule has 1 aromatic heterocycles. The molecule has 0 aliphatic carbocycles. The number of amides is 2. The van der Waals surface area contributed by atoms with Crippen molar-refractivity contribution in [2.24, 2.45) is 0 Å². The first-order valence-corrected chi connectivity index (χ1v) is 12.1. The molecule has 0 spiro atoms. The Morgan fingerprint density at radius 2 is 1.97 bits per heavy atom. The van der Waals surface area contributed by atoms with Crippen molar-refractivity contribution in [2.45, 2.75) is 43.8 Å². The average Bonchev–Trinajstić information content (AvgIpc) is 2.84. The molecule has 9 heteroatoms. The summed E-state index contributed by atoms with van der Waals surface area (Å²) in [6.07, 6.45) is 0.946. The van der Waals surface area contributed by atoms with E-state index in [0.29, 0.717) is 24.3 Å². The lowest BCUT2D eigenvalue weighted by Crippen LogP contribution is -2.59. The molecular formula is C25H27N3O5S. The van der Waals surface area contributed by atoms with Crippen molar-refractivity contribution in [2.75, 3.05) is 5.75 Å². The zero-order valence-corrected chi connectivity index (χ0v) is 19.6. The van der Waals surface area contributed by atoms with E-state index in [0.717, 1.165) is 34.3 Å². The summed E-state index contributed by atoms with van der Waals surface area (Å²) in [7, 11) is 0. The molecule has 3 aromatic rings. The van der Waals surface area contributed by atoms with E-state index in [4.69, 9.17) is 9.94 Å². The van der Waals surface area contributed by atoms with Gasteiger partial charge in [0.15, 0.2) is 0 Å². The summed E-state index contributed by atoms with van der Waals surface area (Å²) in [5, 5.41) is 23.3. The van der Waals surface area contributed by atoms with Gasteiger partial charge >= 0.3 is 0 Å². The number of fused-ring (bicyclic) bond motifs is 1. The molecule has 1 saturated heterocycles. The number of rotatable bonds is 7. The van der Waals surface area contributed by atoms with E-state index in [-0.39, 0.29) is 6.42 Å². The molecule has 2 aromatic carbocycles. The Kier molecular flexibility index (Phi) is 7.35. The zero-order chi connectivity index (χ0) is 24.1. The number of nitrogens with zero attached hydrogens (tertiary/aromatic N) is 1. The number of carbonyl (C=O) groups is 2. The molecule has 2 atom stereocenters. The normalized spacial score (nSPS) is 20.0. The third kappa shape index (κ3) is 5.32. The predicted octanol–water partition coefficient (Wildman–Crippen LogP) is 3.33. The van der Waals surface area contributed by atoms with E-state index >= 15 is 0 Å². The molecule has 8 nitrogen and oxygen atoms in total. The van der Waals surface area contributed by atoms with Gasteiger partial charge in [-0.3, -0.25) is 19.8 Å². The lowest BCUT2D eigenvalue weighted by Gasteiger charge is -2.41. The topological polar surface area (TPSA) is 121 Å². The maximum Gasteiger partial charge on any atom is 0.251 e. The summed E-state index contributed by atoms with van der Waals surface area (Å²) >= 11 is 1.28. The fourth-order valence-corrected chi connectivity index (χ4v) is 5.33. The first kappa shape index (κ1) is 24.0. The second kappa shape index (κ2) is 10.4. The molecule has 2 unspecified atom stereocenters. The highest BCUT2D eigenvalue weighted by Crippen LogP contribution is 2.35. The molecular weight excluding hydrogens is 454 g/mol. The van der Waals surface area contributed by atoms with Gasteiger partial charge in [0.2, 0.25) is 5.91 Å². The number of thioether (sulfide) groups is 1. The van der Waals surface area contributed by atoms with Gasteiger partial charge in [0.1, 0.15) is 17.8 Å². The van der Waals surface area contributed by atoms with Crippen LogP contribution in [0, 0.1) is 6.92 Å². The molecule has 2 heterocycles. The van der Waals surface area contributed by atoms with Crippen LogP contribution in [0.1, 0.15) is 40.9 Å². The minimum absolute atomic E-state index is 0.218. The van der Waals surface area contributed by atoms with Gasteiger partial charge in [0, 0.05) is 22.2 Å². The number of ether oxygens (including phenoxy) is 1. The Balaban J connectivity index is 1.45. The largest absolute Gasteiger partial charge is 0.489 e. The number of aliphatic hydroxyl groups excluding tert-OH is 1. The van der Waals surface area contributed by atoms with Crippen LogP contribution in [0.4, 0.5) is 0 Å². The molecule has 0 bridgehead atoms. The Morgan fingerprint density at radius 3 is 2.71 bits per heavy atom. The molecule has 1 fully saturated rings. The van der Waals surface area contributed by atoms with Crippen molar-refractivity contribution < 1.29 is 24.6 Å². The molecule has 0 radical (unpaired) electrons. The van der Waals surface area contributed by atoms with Crippen LogP contribution in [0.5, 0.6) is 5.75 Å². The summed E-state index contributed by atoms with van der Waals surface area (Å²) in [5.41, 5.74) is 2.72. The van der Waals surface area contributed by atoms with Crippen LogP contribution in [0.2, 0.25) is 0 Å². The highest BCUT2D eigenvalue weighted by Gasteiger charge is 2.43. The number of pyridine rings is 1. The number of aromatic nitrogens is 1. The number of aliphatic hydroxyl groups is 1. The average molecular weight is 482 g/mol. The highest BCUT2D eigenvalue weighted by molar-refractivity contribution is 7.99. The SMILES string of the molecule is Cc1cc(COc2ccc(C(=O)NC3(CC(=O)NO)CCCSC3O)cc2)c2ccccc2n1. The van der Waals surface area contributed by atoms with Gasteiger partial charge in [-0.2, -0.15) is 0 Å². The minimum atomic E-state index is -1.15. The number of hydrogen-bond acceptors (Lipinski definition) is 7. The van der Waals surface area contributed by atoms with Crippen molar-refractivity contribution in [1.29, 1.82) is 0 Å². The van der Waals surface area contributed by atoms with E-state index in [9.17, 15) is 14.7 Å². The zero-order valence-electron chi connectivity index (χ0n) is 18.8. The van der Waals surface area contributed by atoms with Crippen molar-refractivity contribution in [3.8, 4) is 5.75 Å². The quantitative estimate of drug-likeness (QED) is 0.302. The molecule has 4 rings (SSSR count). The van der Waals surface area contributed by atoms with Gasteiger partial charge < -0.3 is 15.2 Å². The fourth-order valence-electron chi connectivity index (χ4n) is 4.21. The van der Waals surface area contributed by atoms with Crippen molar-refractivity contribution in [1.82, 2.24) is 15.8 Å². The number of hydrogen-bond donors (Lipinski definition) is 4. The van der Waals surface area contributed by atoms with Gasteiger partial charge in [-0.05, 0) is 61.9 Å². The molecule has 0 saturated carbocycles. The van der Waals surface area contributed by atoms with E-state index in [1.165, 1.54) is 11.8 Å². The maximum absolute atomic E-state index is 12.9. The van der Waals surface area contributed by atoms with Crippen molar-refractivity contribution >= 4 is 34.5 Å². The monoisotopic (exact) mass is 481 g/mol. The fraction of sp³-hybridized carbons (Fsp3) is 0.320. The summed E-state index contributed by atoms with van der Waals surface area (Å²) < 4.78 is 5.96. The number of hydroxylamine groups is 1. The van der Waals surface area contributed by atoms with E-state index < -0.39 is 22.8 Å². The maximum atomic E-state index is 12.9. The summed E-state index contributed by atoms with van der Waals surface area (Å²) in [6, 6.07) is 16.6. The molecule has 2 amide bonds. The lowest BCUT2D eigenvalue weighted by atomic mass is 9.89. The van der Waals surface area contributed by atoms with Crippen LogP contribution in [0.15, 0.2) is 54.6 Å². The van der Waals surface area contributed by atoms with Gasteiger partial charge in [-0.1, -0.05) is 18.2 Å². The van der Waals surface area contributed by atoms with Crippen molar-refractivity contribution in [3.05, 3.63) is 71.4 Å². The Hall–Kier alpha value is -3.14. The molecule has 1 aliphatic rings. The second-order valence-corrected chi connectivity index (χ2v) is 9.59. The van der Waals surface area contributed by atoms with Gasteiger partial charge in [0.25, 0.3) is 5.91 Å². The third-order valence-corrected chi connectivity index (χ3v) is 7.21. The Labute approximate surface area is 201 Å². The number of benzene rings is 2. The van der Waals surface area contributed by atoms with Crippen LogP contribution in [0.3, 0.4) is 0 Å². The molecule has 4 N–H and O–H groups in total. The van der Waals surface area contributed by atoms with Crippen LogP contribution < -0.4 is 15.5 Å². The molecule has 178 valence electrons. The summed E-state index contributed by atoms with van der Waals surface area (Å²) in [4.78, 5) is 29.3. The molecule has 1 aliphatic heterocycles. The second-order valence-electron chi connectivity index (χ2n) is 8.40. The number of para-hydroxylation sites is 1. The molecule has 34 heavy (non-hydrogen) atoms. The summed E-state index contributed by atoms with van der Waals surface area (Å²) in [5.74, 6) is 0.273. The predicted molar refractivity (Wildman–Crippen MR) is 130 cm³/mol. The van der Waals surface area contributed by atoms with Gasteiger partial charge in [0.05, 0.1) is 17.5 Å².